The first-order valence-electron chi connectivity index (χ1n) is 17.2. The molecule has 3 atom stereocenters. The zero-order valence-corrected chi connectivity index (χ0v) is 30.7. The molecular formula is C36H55N5O9. The van der Waals surface area contributed by atoms with Crippen molar-refractivity contribution in [3.05, 3.63) is 29.8 Å². The number of ether oxygens (including phenoxy) is 2. The van der Waals surface area contributed by atoms with E-state index in [4.69, 9.17) is 9.47 Å². The van der Waals surface area contributed by atoms with Crippen LogP contribution in [-0.2, 0) is 49.6 Å². The lowest BCUT2D eigenvalue weighted by Gasteiger charge is -2.30. The summed E-state index contributed by atoms with van der Waals surface area (Å²) in [6, 6.07) is 5.97. The first-order chi connectivity index (χ1) is 23.3. The number of benzene rings is 1. The van der Waals surface area contributed by atoms with E-state index in [-0.39, 0.29) is 80.4 Å². The van der Waals surface area contributed by atoms with E-state index in [1.807, 2.05) is 34.6 Å². The van der Waals surface area contributed by atoms with Crippen LogP contribution >= 0.6 is 0 Å². The minimum Gasteiger partial charge on any atom is -0.461 e. The average molecular weight is 702 g/mol. The molecule has 2 rings (SSSR count). The Morgan fingerprint density at radius 2 is 1.60 bits per heavy atom. The number of carbonyl (C=O) groups is 7. The van der Waals surface area contributed by atoms with Gasteiger partial charge in [0.05, 0.1) is 18.1 Å². The molecule has 278 valence electrons. The number of imide groups is 1. The lowest BCUT2D eigenvalue weighted by Crippen LogP contribution is -2.46. The summed E-state index contributed by atoms with van der Waals surface area (Å²) in [5, 5.41) is 10.8. The maximum atomic E-state index is 12.6. The molecular weight excluding hydrogens is 646 g/mol. The predicted octanol–water partition coefficient (Wildman–Crippen LogP) is 2.98. The number of amides is 6. The summed E-state index contributed by atoms with van der Waals surface area (Å²) in [5.41, 5.74) is 0.0277. The Balaban J connectivity index is 1.64. The number of esters is 1. The van der Waals surface area contributed by atoms with Gasteiger partial charge in [-0.05, 0) is 71.6 Å². The van der Waals surface area contributed by atoms with Crippen LogP contribution in [0.3, 0.4) is 0 Å². The summed E-state index contributed by atoms with van der Waals surface area (Å²) in [6.07, 6.45) is 1.87. The summed E-state index contributed by atoms with van der Waals surface area (Å²) in [5.74, 6) is -2.85. The third kappa shape index (κ3) is 14.7. The largest absolute Gasteiger partial charge is 0.461 e. The lowest BCUT2D eigenvalue weighted by atomic mass is 9.99. The van der Waals surface area contributed by atoms with E-state index in [9.17, 15) is 33.6 Å². The highest BCUT2D eigenvalue weighted by Crippen LogP contribution is 2.21. The van der Waals surface area contributed by atoms with Crippen LogP contribution in [0.4, 0.5) is 5.69 Å². The predicted molar refractivity (Wildman–Crippen MR) is 186 cm³/mol. The Bertz CT molecular complexity index is 1380. The minimum atomic E-state index is -0.862. The van der Waals surface area contributed by atoms with Gasteiger partial charge in [-0.1, -0.05) is 32.9 Å². The summed E-state index contributed by atoms with van der Waals surface area (Å²) in [7, 11) is 0. The first-order valence-corrected chi connectivity index (χ1v) is 17.2. The smallest absolute Gasteiger partial charge is 0.308 e. The van der Waals surface area contributed by atoms with Gasteiger partial charge in [0, 0.05) is 49.6 Å². The van der Waals surface area contributed by atoms with Gasteiger partial charge in [-0.25, -0.2) is 0 Å². The molecule has 3 unspecified atom stereocenters. The molecule has 0 spiro atoms. The van der Waals surface area contributed by atoms with Crippen LogP contribution < -0.4 is 21.3 Å². The van der Waals surface area contributed by atoms with Crippen molar-refractivity contribution in [3.8, 4) is 0 Å². The van der Waals surface area contributed by atoms with Crippen LogP contribution in [0.1, 0.15) is 99.5 Å². The van der Waals surface area contributed by atoms with Gasteiger partial charge >= 0.3 is 5.97 Å². The minimum absolute atomic E-state index is 0.0224. The van der Waals surface area contributed by atoms with Gasteiger partial charge in [0.25, 0.3) is 0 Å². The Labute approximate surface area is 295 Å². The molecule has 1 saturated heterocycles. The second-order valence-electron chi connectivity index (χ2n) is 14.2. The third-order valence-electron chi connectivity index (χ3n) is 8.52. The zero-order chi connectivity index (χ0) is 37.6. The van der Waals surface area contributed by atoms with Gasteiger partial charge in [-0.3, -0.25) is 38.5 Å². The van der Waals surface area contributed by atoms with Crippen molar-refractivity contribution in [1.29, 1.82) is 0 Å². The van der Waals surface area contributed by atoms with Gasteiger partial charge in [-0.15, -0.1) is 0 Å². The van der Waals surface area contributed by atoms with Crippen molar-refractivity contribution >= 4 is 47.1 Å². The summed E-state index contributed by atoms with van der Waals surface area (Å²) in [4.78, 5) is 86.9. The summed E-state index contributed by atoms with van der Waals surface area (Å²) < 4.78 is 11.3. The van der Waals surface area contributed by atoms with Crippen molar-refractivity contribution in [2.75, 3.05) is 25.0 Å². The molecule has 0 aliphatic carbocycles. The first kappa shape index (κ1) is 41.8. The van der Waals surface area contributed by atoms with E-state index in [1.165, 1.54) is 6.92 Å². The number of nitrogens with one attached hydrogen (secondary N) is 4. The van der Waals surface area contributed by atoms with Gasteiger partial charge in [0.2, 0.25) is 35.4 Å². The molecule has 0 aromatic heterocycles. The number of anilines is 1. The number of nitrogens with zero attached hydrogens (tertiary/aromatic N) is 1. The molecule has 1 heterocycles. The Kier molecular flexibility index (Phi) is 16.0. The van der Waals surface area contributed by atoms with Gasteiger partial charge in [0.1, 0.15) is 12.6 Å². The average Bonchev–Trinajstić information content (AvgIpc) is 3.29. The Morgan fingerprint density at radius 3 is 2.20 bits per heavy atom. The van der Waals surface area contributed by atoms with Crippen LogP contribution in [0.2, 0.25) is 0 Å². The van der Waals surface area contributed by atoms with Crippen LogP contribution in [0, 0.1) is 11.8 Å². The topological polar surface area (TPSA) is 189 Å². The molecule has 1 aromatic carbocycles. The fourth-order valence-electron chi connectivity index (χ4n) is 4.89. The molecule has 4 N–H and O–H groups in total. The molecule has 1 aliphatic rings. The van der Waals surface area contributed by atoms with E-state index in [0.717, 1.165) is 10.5 Å². The summed E-state index contributed by atoms with van der Waals surface area (Å²) in [6.45, 7) is 14.6. The molecule has 14 nitrogen and oxygen atoms in total. The standard InChI is InChI=1S/C36H55N5O9/c1-9-23(2)34(48)49-22-26-10-12-27(13-11-26)39-32(46)25(4)38-30(44)21-37-28(42)14-16-36(7,8)50-19-17-35(5,6)40-29(43)15-18-41-31(45)20-24(3)33(41)47/h10-13,23-25H,9,14-22H2,1-8H3,(H,37,42)(H,38,44)(H,39,46)(H,40,43). The molecule has 1 aliphatic heterocycles. The molecule has 14 heteroatoms. The summed E-state index contributed by atoms with van der Waals surface area (Å²) >= 11 is 0. The van der Waals surface area contributed by atoms with Gasteiger partial charge < -0.3 is 30.7 Å². The fraction of sp³-hybridized carbons (Fsp3) is 0.639. The van der Waals surface area contributed by atoms with Crippen molar-refractivity contribution in [3.63, 3.8) is 0 Å². The van der Waals surface area contributed by atoms with Gasteiger partial charge in [-0.2, -0.15) is 0 Å². The Hall–Kier alpha value is -4.33. The van der Waals surface area contributed by atoms with E-state index in [0.29, 0.717) is 31.6 Å². The molecule has 50 heavy (non-hydrogen) atoms. The third-order valence-corrected chi connectivity index (χ3v) is 8.52. The molecule has 1 fully saturated rings. The van der Waals surface area contributed by atoms with Crippen LogP contribution in [0.25, 0.3) is 0 Å². The monoisotopic (exact) mass is 701 g/mol. The Morgan fingerprint density at radius 1 is 0.940 bits per heavy atom. The maximum absolute atomic E-state index is 12.6. The van der Waals surface area contributed by atoms with E-state index in [2.05, 4.69) is 21.3 Å². The quantitative estimate of drug-likeness (QED) is 0.117. The highest BCUT2D eigenvalue weighted by molar-refractivity contribution is 6.03. The lowest BCUT2D eigenvalue weighted by molar-refractivity contribution is -0.149. The van der Waals surface area contributed by atoms with Crippen LogP contribution in [0.5, 0.6) is 0 Å². The molecule has 6 amide bonds. The van der Waals surface area contributed by atoms with E-state index >= 15 is 0 Å². The van der Waals surface area contributed by atoms with E-state index < -0.39 is 29.0 Å². The van der Waals surface area contributed by atoms with Crippen molar-refractivity contribution in [2.45, 2.75) is 118 Å². The number of hydrogen-bond acceptors (Lipinski definition) is 9. The second-order valence-corrected chi connectivity index (χ2v) is 14.2. The molecule has 0 bridgehead atoms. The number of carbonyl (C=O) groups excluding carboxylic acids is 7. The second kappa shape index (κ2) is 19.2. The van der Waals surface area contributed by atoms with E-state index in [1.54, 1.807) is 38.1 Å². The van der Waals surface area contributed by atoms with Gasteiger partial charge in [0.15, 0.2) is 0 Å². The normalized spacial score (nSPS) is 16.0. The molecule has 1 aromatic rings. The maximum Gasteiger partial charge on any atom is 0.308 e. The van der Waals surface area contributed by atoms with Crippen molar-refractivity contribution in [2.24, 2.45) is 11.8 Å². The molecule has 0 saturated carbocycles. The number of likely N-dealkylation sites (tertiary alicyclic amines) is 1. The highest BCUT2D eigenvalue weighted by atomic mass is 16.5. The van der Waals surface area contributed by atoms with Crippen molar-refractivity contribution < 1.29 is 43.0 Å². The van der Waals surface area contributed by atoms with Crippen LogP contribution in [0.15, 0.2) is 24.3 Å². The van der Waals surface area contributed by atoms with Crippen LogP contribution in [-0.4, -0.2) is 83.2 Å². The fourth-order valence-corrected chi connectivity index (χ4v) is 4.89. The number of hydrogen-bond donors (Lipinski definition) is 4. The SMILES string of the molecule is CCC(C)C(=O)OCc1ccc(NC(=O)C(C)NC(=O)CNC(=O)CCC(C)(C)OCCC(C)(C)NC(=O)CCN2C(=O)CC(C)C2=O)cc1. The zero-order valence-electron chi connectivity index (χ0n) is 30.7. The highest BCUT2D eigenvalue weighted by Gasteiger charge is 2.35. The van der Waals surface area contributed by atoms with Crippen molar-refractivity contribution in [1.82, 2.24) is 20.9 Å². The molecule has 0 radical (unpaired) electrons. The number of rotatable bonds is 20.